The molecule has 0 radical (unpaired) electrons. The Hall–Kier alpha value is -2.08. The molecule has 6 heteroatoms. The zero-order chi connectivity index (χ0) is 15.2. The number of nitrogens with zero attached hydrogens (tertiary/aromatic N) is 1. The molecule has 0 spiro atoms. The summed E-state index contributed by atoms with van der Waals surface area (Å²) in [6, 6.07) is 6.83. The largest absolute Gasteiger partial charge is 0.453 e. The highest BCUT2D eigenvalue weighted by atomic mass is 16.5. The topological polar surface area (TPSA) is 67.9 Å². The first-order chi connectivity index (χ1) is 10.1. The second-order valence-electron chi connectivity index (χ2n) is 4.95. The number of methoxy groups -OCH3 is 2. The average molecular weight is 292 g/mol. The van der Waals surface area contributed by atoms with Crippen LogP contribution < -0.4 is 5.32 Å². The summed E-state index contributed by atoms with van der Waals surface area (Å²) in [4.78, 5) is 25.5. The van der Waals surface area contributed by atoms with Gasteiger partial charge in [-0.2, -0.15) is 0 Å². The molecule has 1 heterocycles. The number of carbonyl (C=O) groups is 2. The van der Waals surface area contributed by atoms with E-state index in [9.17, 15) is 9.59 Å². The van der Waals surface area contributed by atoms with Crippen LogP contribution in [0.3, 0.4) is 0 Å². The Balaban J connectivity index is 2.08. The summed E-state index contributed by atoms with van der Waals surface area (Å²) in [6.45, 7) is 1.33. The van der Waals surface area contributed by atoms with E-state index >= 15 is 0 Å². The SMILES string of the molecule is COC(=O)Nc1cccc(C(=O)N2CCCC(OC)C2)c1. The zero-order valence-corrected chi connectivity index (χ0v) is 12.3. The number of hydrogen-bond acceptors (Lipinski definition) is 4. The van der Waals surface area contributed by atoms with Crippen LogP contribution in [-0.4, -0.2) is 50.3 Å². The quantitative estimate of drug-likeness (QED) is 0.926. The van der Waals surface area contributed by atoms with Gasteiger partial charge in [0.05, 0.1) is 13.2 Å². The molecule has 0 aromatic heterocycles. The first-order valence-corrected chi connectivity index (χ1v) is 6.91. The van der Waals surface area contributed by atoms with Gasteiger partial charge in [0.15, 0.2) is 0 Å². The molecule has 1 fully saturated rings. The van der Waals surface area contributed by atoms with Crippen LogP contribution >= 0.6 is 0 Å². The van der Waals surface area contributed by atoms with E-state index in [1.807, 2.05) is 0 Å². The van der Waals surface area contributed by atoms with Gasteiger partial charge in [-0.1, -0.05) is 6.07 Å². The molecule has 1 saturated heterocycles. The molecule has 1 N–H and O–H groups in total. The van der Waals surface area contributed by atoms with Gasteiger partial charge in [0.25, 0.3) is 5.91 Å². The molecule has 0 saturated carbocycles. The van der Waals surface area contributed by atoms with Crippen molar-refractivity contribution < 1.29 is 19.1 Å². The lowest BCUT2D eigenvalue weighted by Gasteiger charge is -2.32. The van der Waals surface area contributed by atoms with E-state index < -0.39 is 6.09 Å². The smallest absolute Gasteiger partial charge is 0.411 e. The van der Waals surface area contributed by atoms with Gasteiger partial charge in [-0.25, -0.2) is 4.79 Å². The molecular weight excluding hydrogens is 272 g/mol. The third-order valence-corrected chi connectivity index (χ3v) is 3.54. The van der Waals surface area contributed by atoms with Crippen LogP contribution in [0, 0.1) is 0 Å². The standard InChI is InChI=1S/C15H20N2O4/c1-20-13-7-4-8-17(10-13)14(18)11-5-3-6-12(9-11)16-15(19)21-2/h3,5-6,9,13H,4,7-8,10H2,1-2H3,(H,16,19). The minimum atomic E-state index is -0.558. The van der Waals surface area contributed by atoms with Crippen molar-refractivity contribution >= 4 is 17.7 Å². The van der Waals surface area contributed by atoms with Crippen molar-refractivity contribution in [2.24, 2.45) is 0 Å². The molecular formula is C15H20N2O4. The van der Waals surface area contributed by atoms with Crippen LogP contribution in [0.2, 0.25) is 0 Å². The molecule has 1 aliphatic heterocycles. The van der Waals surface area contributed by atoms with Gasteiger partial charge in [-0.15, -0.1) is 0 Å². The third kappa shape index (κ3) is 3.95. The molecule has 1 aliphatic rings. The van der Waals surface area contributed by atoms with Crippen LogP contribution in [-0.2, 0) is 9.47 Å². The second kappa shape index (κ2) is 7.08. The van der Waals surface area contributed by atoms with Crippen LogP contribution in [0.5, 0.6) is 0 Å². The van der Waals surface area contributed by atoms with Crippen molar-refractivity contribution in [3.8, 4) is 0 Å². The molecule has 1 aromatic rings. The average Bonchev–Trinajstić information content (AvgIpc) is 2.54. The van der Waals surface area contributed by atoms with Gasteiger partial charge < -0.3 is 14.4 Å². The van der Waals surface area contributed by atoms with E-state index in [-0.39, 0.29) is 12.0 Å². The molecule has 2 rings (SSSR count). The maximum absolute atomic E-state index is 12.5. The molecule has 1 unspecified atom stereocenters. The van der Waals surface area contributed by atoms with E-state index in [0.717, 1.165) is 19.4 Å². The summed E-state index contributed by atoms with van der Waals surface area (Å²) in [5.74, 6) is -0.0507. The summed E-state index contributed by atoms with van der Waals surface area (Å²) in [5, 5.41) is 2.55. The molecule has 0 bridgehead atoms. The minimum absolute atomic E-state index is 0.0507. The number of anilines is 1. The number of nitrogens with one attached hydrogen (secondary N) is 1. The van der Waals surface area contributed by atoms with E-state index in [4.69, 9.17) is 4.74 Å². The van der Waals surface area contributed by atoms with Gasteiger partial charge in [0, 0.05) is 31.5 Å². The van der Waals surface area contributed by atoms with Crippen molar-refractivity contribution in [2.75, 3.05) is 32.6 Å². The Morgan fingerprint density at radius 2 is 2.14 bits per heavy atom. The van der Waals surface area contributed by atoms with Gasteiger partial charge in [0.1, 0.15) is 0 Å². The first-order valence-electron chi connectivity index (χ1n) is 6.91. The first kappa shape index (κ1) is 15.3. The predicted molar refractivity (Wildman–Crippen MR) is 78.4 cm³/mol. The fourth-order valence-electron chi connectivity index (χ4n) is 2.40. The number of rotatable bonds is 3. The number of piperidine rings is 1. The summed E-state index contributed by atoms with van der Waals surface area (Å²) < 4.78 is 9.87. The summed E-state index contributed by atoms with van der Waals surface area (Å²) in [5.41, 5.74) is 1.08. The van der Waals surface area contributed by atoms with E-state index in [0.29, 0.717) is 17.8 Å². The molecule has 0 aliphatic carbocycles. The second-order valence-corrected chi connectivity index (χ2v) is 4.95. The maximum Gasteiger partial charge on any atom is 0.411 e. The summed E-state index contributed by atoms with van der Waals surface area (Å²) in [6.07, 6.45) is 1.45. The van der Waals surface area contributed by atoms with Crippen molar-refractivity contribution in [1.29, 1.82) is 0 Å². The van der Waals surface area contributed by atoms with Gasteiger partial charge in [-0.3, -0.25) is 10.1 Å². The number of likely N-dealkylation sites (tertiary alicyclic amines) is 1. The van der Waals surface area contributed by atoms with Crippen molar-refractivity contribution in [3.05, 3.63) is 29.8 Å². The summed E-state index contributed by atoms with van der Waals surface area (Å²) in [7, 11) is 2.96. The number of ether oxygens (including phenoxy) is 2. The van der Waals surface area contributed by atoms with E-state index in [1.54, 1.807) is 36.3 Å². The molecule has 21 heavy (non-hydrogen) atoms. The Labute approximate surface area is 124 Å². The third-order valence-electron chi connectivity index (χ3n) is 3.54. The fourth-order valence-corrected chi connectivity index (χ4v) is 2.40. The monoisotopic (exact) mass is 292 g/mol. The number of hydrogen-bond donors (Lipinski definition) is 1. The Kier molecular flexibility index (Phi) is 5.16. The molecule has 2 amide bonds. The number of benzene rings is 1. The Bertz CT molecular complexity index is 518. The van der Waals surface area contributed by atoms with E-state index in [1.165, 1.54) is 7.11 Å². The molecule has 114 valence electrons. The molecule has 6 nitrogen and oxygen atoms in total. The highest BCUT2D eigenvalue weighted by Gasteiger charge is 2.24. The van der Waals surface area contributed by atoms with Crippen LogP contribution in [0.4, 0.5) is 10.5 Å². The van der Waals surface area contributed by atoms with Gasteiger partial charge in [0.2, 0.25) is 0 Å². The van der Waals surface area contributed by atoms with Gasteiger partial charge in [-0.05, 0) is 31.0 Å². The molecule has 1 atom stereocenters. The van der Waals surface area contributed by atoms with Crippen molar-refractivity contribution in [2.45, 2.75) is 18.9 Å². The number of amides is 2. The lowest BCUT2D eigenvalue weighted by atomic mass is 10.1. The van der Waals surface area contributed by atoms with Gasteiger partial charge >= 0.3 is 6.09 Å². The lowest BCUT2D eigenvalue weighted by molar-refractivity contribution is 0.0269. The van der Waals surface area contributed by atoms with Crippen LogP contribution in [0.15, 0.2) is 24.3 Å². The Morgan fingerprint density at radius 1 is 1.33 bits per heavy atom. The lowest BCUT2D eigenvalue weighted by Crippen LogP contribution is -2.42. The van der Waals surface area contributed by atoms with Crippen molar-refractivity contribution in [3.63, 3.8) is 0 Å². The van der Waals surface area contributed by atoms with E-state index in [2.05, 4.69) is 10.1 Å². The predicted octanol–water partition coefficient (Wildman–Crippen LogP) is 2.12. The fraction of sp³-hybridized carbons (Fsp3) is 0.467. The highest BCUT2D eigenvalue weighted by molar-refractivity contribution is 5.96. The zero-order valence-electron chi connectivity index (χ0n) is 12.3. The van der Waals surface area contributed by atoms with Crippen molar-refractivity contribution in [1.82, 2.24) is 4.90 Å². The maximum atomic E-state index is 12.5. The minimum Gasteiger partial charge on any atom is -0.453 e. The van der Waals surface area contributed by atoms with Crippen LogP contribution in [0.1, 0.15) is 23.2 Å². The summed E-state index contributed by atoms with van der Waals surface area (Å²) >= 11 is 0. The highest BCUT2D eigenvalue weighted by Crippen LogP contribution is 2.18. The normalized spacial score (nSPS) is 18.2. The number of carbonyl (C=O) groups excluding carboxylic acids is 2. The van der Waals surface area contributed by atoms with Crippen LogP contribution in [0.25, 0.3) is 0 Å². The molecule has 1 aromatic carbocycles. The Morgan fingerprint density at radius 3 is 2.86 bits per heavy atom.